The van der Waals surface area contributed by atoms with Crippen molar-refractivity contribution >= 4 is 5.91 Å². The number of nitrogens with zero attached hydrogens (tertiary/aromatic N) is 2. The number of aromatic nitrogens is 2. The quantitative estimate of drug-likeness (QED) is 0.805. The summed E-state index contributed by atoms with van der Waals surface area (Å²) in [6.45, 7) is 1.79. The SMILES string of the molecule is Cc1cccc(-n2ncc(C(=O)NC3CCCCCC3)c2C(F)(F)F)c1. The van der Waals surface area contributed by atoms with Crippen LogP contribution in [0.25, 0.3) is 5.69 Å². The average molecular weight is 365 g/mol. The van der Waals surface area contributed by atoms with Gasteiger partial charge in [0.2, 0.25) is 0 Å². The van der Waals surface area contributed by atoms with E-state index in [1.165, 1.54) is 0 Å². The Balaban J connectivity index is 1.93. The molecule has 140 valence electrons. The average Bonchev–Trinajstić information content (AvgIpc) is 2.89. The summed E-state index contributed by atoms with van der Waals surface area (Å²) < 4.78 is 41.9. The molecule has 1 saturated carbocycles. The molecule has 0 aliphatic heterocycles. The van der Waals surface area contributed by atoms with Crippen molar-refractivity contribution in [3.63, 3.8) is 0 Å². The van der Waals surface area contributed by atoms with E-state index in [1.807, 2.05) is 0 Å². The molecule has 0 saturated heterocycles. The summed E-state index contributed by atoms with van der Waals surface area (Å²) in [4.78, 5) is 12.5. The maximum Gasteiger partial charge on any atom is 0.434 e. The first-order valence-corrected chi connectivity index (χ1v) is 8.89. The summed E-state index contributed by atoms with van der Waals surface area (Å²) in [6, 6.07) is 6.53. The minimum Gasteiger partial charge on any atom is -0.349 e. The second-order valence-electron chi connectivity index (χ2n) is 6.82. The Morgan fingerprint density at radius 1 is 1.19 bits per heavy atom. The third-order valence-electron chi connectivity index (χ3n) is 4.72. The van der Waals surface area contributed by atoms with Crippen LogP contribution in [-0.4, -0.2) is 21.7 Å². The highest BCUT2D eigenvalue weighted by Crippen LogP contribution is 2.34. The van der Waals surface area contributed by atoms with Crippen LogP contribution in [0.1, 0.15) is 60.1 Å². The number of hydrogen-bond donors (Lipinski definition) is 1. The minimum absolute atomic E-state index is 0.0756. The van der Waals surface area contributed by atoms with Gasteiger partial charge in [-0.2, -0.15) is 18.3 Å². The van der Waals surface area contributed by atoms with Crippen molar-refractivity contribution in [1.82, 2.24) is 15.1 Å². The summed E-state index contributed by atoms with van der Waals surface area (Å²) in [6.07, 6.45) is 2.11. The largest absolute Gasteiger partial charge is 0.434 e. The second kappa shape index (κ2) is 7.51. The Bertz CT molecular complexity index is 775. The van der Waals surface area contributed by atoms with E-state index in [9.17, 15) is 18.0 Å². The predicted molar refractivity (Wildman–Crippen MR) is 92.3 cm³/mol. The Labute approximate surface area is 150 Å². The molecule has 7 heteroatoms. The molecule has 0 spiro atoms. The van der Waals surface area contributed by atoms with Crippen LogP contribution in [0.4, 0.5) is 13.2 Å². The lowest BCUT2D eigenvalue weighted by Crippen LogP contribution is -2.35. The Kier molecular flexibility index (Phi) is 5.34. The molecule has 1 amide bonds. The van der Waals surface area contributed by atoms with Crippen molar-refractivity contribution < 1.29 is 18.0 Å². The highest BCUT2D eigenvalue weighted by Gasteiger charge is 2.40. The van der Waals surface area contributed by atoms with E-state index >= 15 is 0 Å². The number of benzene rings is 1. The summed E-state index contributed by atoms with van der Waals surface area (Å²) in [5.74, 6) is -0.705. The van der Waals surface area contributed by atoms with Crippen molar-refractivity contribution in [2.75, 3.05) is 0 Å². The fourth-order valence-electron chi connectivity index (χ4n) is 3.43. The van der Waals surface area contributed by atoms with Crippen LogP contribution in [0.5, 0.6) is 0 Å². The molecule has 1 N–H and O–H groups in total. The molecule has 1 aromatic heterocycles. The third kappa shape index (κ3) is 4.08. The fourth-order valence-corrected chi connectivity index (χ4v) is 3.43. The highest BCUT2D eigenvalue weighted by atomic mass is 19.4. The van der Waals surface area contributed by atoms with Crippen LogP contribution >= 0.6 is 0 Å². The minimum atomic E-state index is -4.68. The third-order valence-corrected chi connectivity index (χ3v) is 4.72. The van der Waals surface area contributed by atoms with Gasteiger partial charge in [-0.1, -0.05) is 37.8 Å². The van der Waals surface area contributed by atoms with Crippen molar-refractivity contribution in [2.24, 2.45) is 0 Å². The first kappa shape index (κ1) is 18.5. The van der Waals surface area contributed by atoms with Gasteiger partial charge in [0.1, 0.15) is 0 Å². The number of carbonyl (C=O) groups is 1. The van der Waals surface area contributed by atoms with Gasteiger partial charge >= 0.3 is 6.18 Å². The first-order chi connectivity index (χ1) is 12.4. The van der Waals surface area contributed by atoms with Crippen LogP contribution in [0, 0.1) is 6.92 Å². The van der Waals surface area contributed by atoms with Crippen LogP contribution in [-0.2, 0) is 6.18 Å². The molecule has 1 fully saturated rings. The Hall–Kier alpha value is -2.31. The van der Waals surface area contributed by atoms with Crippen molar-refractivity contribution in [3.8, 4) is 5.69 Å². The molecule has 26 heavy (non-hydrogen) atoms. The van der Waals surface area contributed by atoms with Crippen LogP contribution in [0.2, 0.25) is 0 Å². The van der Waals surface area contributed by atoms with Crippen molar-refractivity contribution in [3.05, 3.63) is 47.3 Å². The lowest BCUT2D eigenvalue weighted by Gasteiger charge is -2.17. The van der Waals surface area contributed by atoms with Gasteiger partial charge in [0, 0.05) is 6.04 Å². The maximum absolute atomic E-state index is 13.7. The van der Waals surface area contributed by atoms with Gasteiger partial charge in [0.15, 0.2) is 5.69 Å². The number of amides is 1. The molecule has 3 rings (SSSR count). The molecular weight excluding hydrogens is 343 g/mol. The van der Waals surface area contributed by atoms with Gasteiger partial charge in [-0.15, -0.1) is 0 Å². The molecule has 1 aliphatic rings. The number of rotatable bonds is 3. The maximum atomic E-state index is 13.7. The topological polar surface area (TPSA) is 46.9 Å². The summed E-state index contributed by atoms with van der Waals surface area (Å²) in [5.41, 5.74) is -0.362. The van der Waals surface area contributed by atoms with E-state index in [-0.39, 0.29) is 11.7 Å². The van der Waals surface area contributed by atoms with E-state index in [0.29, 0.717) is 0 Å². The molecule has 1 aliphatic carbocycles. The van der Waals surface area contributed by atoms with Crippen molar-refractivity contribution in [2.45, 2.75) is 57.7 Å². The fraction of sp³-hybridized carbons (Fsp3) is 0.474. The standard InChI is InChI=1S/C19H22F3N3O/c1-13-7-6-10-15(11-13)25-17(19(20,21)22)16(12-23-25)18(26)24-14-8-4-2-3-5-9-14/h6-7,10-12,14H,2-5,8-9H2,1H3,(H,24,26). The molecule has 2 aromatic rings. The van der Waals surface area contributed by atoms with E-state index in [2.05, 4.69) is 10.4 Å². The lowest BCUT2D eigenvalue weighted by atomic mass is 10.1. The molecular formula is C19H22F3N3O. The zero-order valence-electron chi connectivity index (χ0n) is 14.6. The molecule has 0 bridgehead atoms. The molecule has 0 atom stereocenters. The number of carbonyl (C=O) groups excluding carboxylic acids is 1. The molecule has 0 radical (unpaired) electrons. The zero-order chi connectivity index (χ0) is 18.7. The number of nitrogens with one attached hydrogen (secondary N) is 1. The van der Waals surface area contributed by atoms with Gasteiger partial charge in [-0.05, 0) is 37.5 Å². The van der Waals surface area contributed by atoms with Crippen LogP contribution in [0.15, 0.2) is 30.5 Å². The number of alkyl halides is 3. The van der Waals surface area contributed by atoms with Crippen LogP contribution in [0.3, 0.4) is 0 Å². The van der Waals surface area contributed by atoms with E-state index in [0.717, 1.165) is 55.0 Å². The summed E-state index contributed by atoms with van der Waals surface area (Å²) >= 11 is 0. The number of halogens is 3. The van der Waals surface area contributed by atoms with Crippen LogP contribution < -0.4 is 5.32 Å². The van der Waals surface area contributed by atoms with E-state index < -0.39 is 23.3 Å². The van der Waals surface area contributed by atoms with E-state index in [4.69, 9.17) is 0 Å². The second-order valence-corrected chi connectivity index (χ2v) is 6.82. The zero-order valence-corrected chi connectivity index (χ0v) is 14.6. The Morgan fingerprint density at radius 3 is 2.50 bits per heavy atom. The lowest BCUT2D eigenvalue weighted by molar-refractivity contribution is -0.143. The van der Waals surface area contributed by atoms with Crippen molar-refractivity contribution in [1.29, 1.82) is 0 Å². The molecule has 0 unspecified atom stereocenters. The highest BCUT2D eigenvalue weighted by molar-refractivity contribution is 5.95. The first-order valence-electron chi connectivity index (χ1n) is 8.89. The van der Waals surface area contributed by atoms with E-state index in [1.54, 1.807) is 31.2 Å². The number of hydrogen-bond acceptors (Lipinski definition) is 2. The normalized spacial score (nSPS) is 16.3. The number of aryl methyl sites for hydroxylation is 1. The smallest absolute Gasteiger partial charge is 0.349 e. The van der Waals surface area contributed by atoms with Gasteiger partial charge in [0.05, 0.1) is 17.4 Å². The summed E-state index contributed by atoms with van der Waals surface area (Å²) in [7, 11) is 0. The van der Waals surface area contributed by atoms with Gasteiger partial charge in [-0.3, -0.25) is 4.79 Å². The van der Waals surface area contributed by atoms with Gasteiger partial charge in [-0.25, -0.2) is 4.68 Å². The van der Waals surface area contributed by atoms with Gasteiger partial charge in [0.25, 0.3) is 5.91 Å². The molecule has 1 heterocycles. The molecule has 1 aromatic carbocycles. The monoisotopic (exact) mass is 365 g/mol. The predicted octanol–water partition coefficient (Wildman–Crippen LogP) is 4.65. The Morgan fingerprint density at radius 2 is 1.88 bits per heavy atom. The molecule has 4 nitrogen and oxygen atoms in total. The van der Waals surface area contributed by atoms with Gasteiger partial charge < -0.3 is 5.32 Å². The summed E-state index contributed by atoms with van der Waals surface area (Å²) in [5, 5.41) is 6.63.